The standard InChI is InChI=1S/C12H14ClFN2O/c13-11-3-2-10(14)6-9(11)8-16-5-1-4-15-7-12(16)17/h2-3,6,15H,1,4-5,7-8H2. The van der Waals surface area contributed by atoms with Crippen molar-refractivity contribution in [3.8, 4) is 0 Å². The van der Waals surface area contributed by atoms with Crippen molar-refractivity contribution in [3.05, 3.63) is 34.6 Å². The van der Waals surface area contributed by atoms with Gasteiger partial charge < -0.3 is 10.2 Å². The topological polar surface area (TPSA) is 32.3 Å². The summed E-state index contributed by atoms with van der Waals surface area (Å²) >= 11 is 5.98. The van der Waals surface area contributed by atoms with Crippen LogP contribution in [-0.4, -0.2) is 30.4 Å². The molecule has 1 aliphatic heterocycles. The second kappa shape index (κ2) is 5.47. The summed E-state index contributed by atoms with van der Waals surface area (Å²) in [6.07, 6.45) is 0.901. The summed E-state index contributed by atoms with van der Waals surface area (Å²) in [5.74, 6) is -0.298. The maximum atomic E-state index is 13.1. The first-order valence-corrected chi connectivity index (χ1v) is 5.97. The fraction of sp³-hybridized carbons (Fsp3) is 0.417. The third-order valence-electron chi connectivity index (χ3n) is 2.78. The molecular weight excluding hydrogens is 243 g/mol. The molecule has 1 fully saturated rings. The Kier molecular flexibility index (Phi) is 3.97. The van der Waals surface area contributed by atoms with Gasteiger partial charge in [0, 0.05) is 18.1 Å². The van der Waals surface area contributed by atoms with E-state index >= 15 is 0 Å². The largest absolute Gasteiger partial charge is 0.337 e. The van der Waals surface area contributed by atoms with Crippen molar-refractivity contribution in [1.82, 2.24) is 10.2 Å². The number of nitrogens with zero attached hydrogens (tertiary/aromatic N) is 1. The third kappa shape index (κ3) is 3.17. The molecule has 3 nitrogen and oxygen atoms in total. The van der Waals surface area contributed by atoms with E-state index in [9.17, 15) is 9.18 Å². The molecule has 5 heteroatoms. The van der Waals surface area contributed by atoms with Crippen molar-refractivity contribution in [2.24, 2.45) is 0 Å². The number of hydrogen-bond acceptors (Lipinski definition) is 2. The highest BCUT2D eigenvalue weighted by molar-refractivity contribution is 6.31. The minimum absolute atomic E-state index is 0.0304. The van der Waals surface area contributed by atoms with Crippen molar-refractivity contribution >= 4 is 17.5 Å². The number of benzene rings is 1. The highest BCUT2D eigenvalue weighted by Gasteiger charge is 2.17. The Bertz CT molecular complexity index is 425. The van der Waals surface area contributed by atoms with Crippen molar-refractivity contribution < 1.29 is 9.18 Å². The van der Waals surface area contributed by atoms with Crippen LogP contribution < -0.4 is 5.32 Å². The van der Waals surface area contributed by atoms with Crippen LogP contribution in [0.4, 0.5) is 4.39 Å². The van der Waals surface area contributed by atoms with Crippen LogP contribution in [0.15, 0.2) is 18.2 Å². The van der Waals surface area contributed by atoms with E-state index in [2.05, 4.69) is 5.32 Å². The molecule has 1 amide bonds. The highest BCUT2D eigenvalue weighted by Crippen LogP contribution is 2.19. The van der Waals surface area contributed by atoms with Crippen molar-refractivity contribution in [3.63, 3.8) is 0 Å². The average molecular weight is 257 g/mol. The number of carbonyl (C=O) groups excluding carboxylic acids is 1. The first-order valence-electron chi connectivity index (χ1n) is 5.59. The highest BCUT2D eigenvalue weighted by atomic mass is 35.5. The molecule has 0 unspecified atom stereocenters. The summed E-state index contributed by atoms with van der Waals surface area (Å²) in [6, 6.07) is 4.22. The van der Waals surface area contributed by atoms with Gasteiger partial charge in [0.1, 0.15) is 5.82 Å². The Hall–Kier alpha value is -1.13. The number of amides is 1. The Labute approximate surface area is 105 Å². The van der Waals surface area contributed by atoms with E-state index < -0.39 is 0 Å². The minimum atomic E-state index is -0.329. The predicted octanol–water partition coefficient (Wildman–Crippen LogP) is 1.80. The molecule has 0 saturated carbocycles. The van der Waals surface area contributed by atoms with Gasteiger partial charge in [-0.15, -0.1) is 0 Å². The molecule has 2 rings (SSSR count). The summed E-state index contributed by atoms with van der Waals surface area (Å²) in [6.45, 7) is 2.22. The monoisotopic (exact) mass is 256 g/mol. The van der Waals surface area contributed by atoms with Crippen LogP contribution in [0.5, 0.6) is 0 Å². The molecule has 0 spiro atoms. The molecule has 1 heterocycles. The van der Waals surface area contributed by atoms with Gasteiger partial charge in [0.05, 0.1) is 6.54 Å². The zero-order valence-electron chi connectivity index (χ0n) is 9.38. The zero-order valence-corrected chi connectivity index (χ0v) is 10.1. The van der Waals surface area contributed by atoms with Gasteiger partial charge in [-0.3, -0.25) is 4.79 Å². The number of nitrogens with one attached hydrogen (secondary N) is 1. The smallest absolute Gasteiger partial charge is 0.236 e. The molecule has 17 heavy (non-hydrogen) atoms. The second-order valence-corrected chi connectivity index (χ2v) is 4.49. The summed E-state index contributed by atoms with van der Waals surface area (Å²) in [7, 11) is 0. The lowest BCUT2D eigenvalue weighted by molar-refractivity contribution is -0.130. The zero-order chi connectivity index (χ0) is 12.3. The molecular formula is C12H14ClFN2O. The maximum absolute atomic E-state index is 13.1. The normalized spacial score (nSPS) is 17.1. The van der Waals surface area contributed by atoms with E-state index in [1.54, 1.807) is 4.90 Å². The van der Waals surface area contributed by atoms with Crippen molar-refractivity contribution in [2.45, 2.75) is 13.0 Å². The lowest BCUT2D eigenvalue weighted by Gasteiger charge is -2.20. The van der Waals surface area contributed by atoms with E-state index in [1.165, 1.54) is 18.2 Å². The van der Waals surface area contributed by atoms with Crippen molar-refractivity contribution in [1.29, 1.82) is 0 Å². The van der Waals surface area contributed by atoms with Gasteiger partial charge in [-0.2, -0.15) is 0 Å². The number of halogens is 2. The van der Waals surface area contributed by atoms with E-state index in [4.69, 9.17) is 11.6 Å². The van der Waals surface area contributed by atoms with E-state index in [0.717, 1.165) is 13.0 Å². The molecule has 1 aliphatic rings. The fourth-order valence-electron chi connectivity index (χ4n) is 1.86. The van der Waals surface area contributed by atoms with Crippen molar-refractivity contribution in [2.75, 3.05) is 19.6 Å². The SMILES string of the molecule is O=C1CNCCCN1Cc1cc(F)ccc1Cl. The summed E-state index contributed by atoms with van der Waals surface area (Å²) in [4.78, 5) is 13.5. The van der Waals surface area contributed by atoms with Crippen LogP contribution in [-0.2, 0) is 11.3 Å². The summed E-state index contributed by atoms with van der Waals surface area (Å²) in [5, 5.41) is 3.54. The lowest BCUT2D eigenvalue weighted by atomic mass is 10.2. The first kappa shape index (κ1) is 12.3. The Morgan fingerprint density at radius 2 is 2.29 bits per heavy atom. The van der Waals surface area contributed by atoms with Crippen LogP contribution in [0.2, 0.25) is 5.02 Å². The van der Waals surface area contributed by atoms with Crippen LogP contribution >= 0.6 is 11.6 Å². The van der Waals surface area contributed by atoms with E-state index in [1.807, 2.05) is 0 Å². The van der Waals surface area contributed by atoms with Crippen LogP contribution in [0.25, 0.3) is 0 Å². The summed E-state index contributed by atoms with van der Waals surface area (Å²) < 4.78 is 13.1. The average Bonchev–Trinajstić information content (AvgIpc) is 2.50. The molecule has 1 aromatic carbocycles. The van der Waals surface area contributed by atoms with Crippen LogP contribution in [0.1, 0.15) is 12.0 Å². The molecule has 1 aromatic rings. The van der Waals surface area contributed by atoms with Gasteiger partial charge in [-0.05, 0) is 36.7 Å². The molecule has 0 aliphatic carbocycles. The summed E-state index contributed by atoms with van der Waals surface area (Å²) in [5.41, 5.74) is 0.655. The van der Waals surface area contributed by atoms with Gasteiger partial charge in [-0.25, -0.2) is 4.39 Å². The van der Waals surface area contributed by atoms with Crippen LogP contribution in [0.3, 0.4) is 0 Å². The van der Waals surface area contributed by atoms with Gasteiger partial charge in [0.2, 0.25) is 5.91 Å². The van der Waals surface area contributed by atoms with E-state index in [0.29, 0.717) is 30.2 Å². The van der Waals surface area contributed by atoms with Crippen LogP contribution in [0, 0.1) is 5.82 Å². The first-order chi connectivity index (χ1) is 8.16. The number of rotatable bonds is 2. The van der Waals surface area contributed by atoms with Gasteiger partial charge in [0.25, 0.3) is 0 Å². The quantitative estimate of drug-likeness (QED) is 0.875. The third-order valence-corrected chi connectivity index (χ3v) is 3.15. The molecule has 1 N–H and O–H groups in total. The van der Waals surface area contributed by atoms with E-state index in [-0.39, 0.29) is 11.7 Å². The molecule has 0 atom stereocenters. The minimum Gasteiger partial charge on any atom is -0.337 e. The fourth-order valence-corrected chi connectivity index (χ4v) is 2.04. The number of carbonyl (C=O) groups is 1. The lowest BCUT2D eigenvalue weighted by Crippen LogP contribution is -2.34. The van der Waals surface area contributed by atoms with Gasteiger partial charge in [-0.1, -0.05) is 11.6 Å². The Morgan fingerprint density at radius 3 is 3.12 bits per heavy atom. The maximum Gasteiger partial charge on any atom is 0.236 e. The Balaban J connectivity index is 2.13. The molecule has 0 aromatic heterocycles. The molecule has 92 valence electrons. The Morgan fingerprint density at radius 1 is 1.47 bits per heavy atom. The molecule has 1 saturated heterocycles. The second-order valence-electron chi connectivity index (χ2n) is 4.08. The predicted molar refractivity (Wildman–Crippen MR) is 64.3 cm³/mol. The molecule has 0 bridgehead atoms. The van der Waals surface area contributed by atoms with Gasteiger partial charge in [0.15, 0.2) is 0 Å². The van der Waals surface area contributed by atoms with Gasteiger partial charge >= 0.3 is 0 Å². The molecule has 0 radical (unpaired) electrons. The number of hydrogen-bond donors (Lipinski definition) is 1.